The first kappa shape index (κ1) is 19.5. The van der Waals surface area contributed by atoms with Gasteiger partial charge in [-0.15, -0.1) is 0 Å². The van der Waals surface area contributed by atoms with E-state index in [2.05, 4.69) is 27.8 Å². The maximum atomic E-state index is 12.0. The van der Waals surface area contributed by atoms with E-state index in [9.17, 15) is 4.21 Å². The van der Waals surface area contributed by atoms with Crippen molar-refractivity contribution in [3.8, 4) is 5.75 Å². The summed E-state index contributed by atoms with van der Waals surface area (Å²) in [6, 6.07) is 8.04. The molecule has 0 saturated carbocycles. The molecule has 0 radical (unpaired) electrons. The van der Waals surface area contributed by atoms with Crippen molar-refractivity contribution < 1.29 is 8.95 Å². The predicted molar refractivity (Wildman–Crippen MR) is 98.8 cm³/mol. The monoisotopic (exact) mass is 339 g/mol. The lowest BCUT2D eigenvalue weighted by Gasteiger charge is -2.18. The fourth-order valence-electron chi connectivity index (χ4n) is 1.91. The van der Waals surface area contributed by atoms with Gasteiger partial charge in [-0.2, -0.15) is 0 Å². The van der Waals surface area contributed by atoms with Crippen molar-refractivity contribution >= 4 is 16.8 Å². The van der Waals surface area contributed by atoms with Crippen molar-refractivity contribution in [1.82, 2.24) is 10.6 Å². The number of benzene rings is 1. The molecule has 1 aromatic rings. The molecule has 0 heterocycles. The topological polar surface area (TPSA) is 62.7 Å². The maximum absolute atomic E-state index is 12.0. The molecule has 2 N–H and O–H groups in total. The third-order valence-corrected chi connectivity index (χ3v) is 5.29. The van der Waals surface area contributed by atoms with Gasteiger partial charge in [0.2, 0.25) is 0 Å². The highest BCUT2D eigenvalue weighted by Crippen LogP contribution is 2.11. The van der Waals surface area contributed by atoms with Gasteiger partial charge in [0.15, 0.2) is 5.96 Å². The molecule has 0 aromatic heterocycles. The molecule has 6 heteroatoms. The average Bonchev–Trinajstić information content (AvgIpc) is 2.53. The molecular formula is C17H29N3O2S. The zero-order valence-corrected chi connectivity index (χ0v) is 15.6. The lowest BCUT2D eigenvalue weighted by molar-refractivity contribution is 0.414. The molecule has 1 atom stereocenters. The Kier molecular flexibility index (Phi) is 8.09. The Bertz CT molecular complexity index is 522. The summed E-state index contributed by atoms with van der Waals surface area (Å²) in [4.78, 5) is 4.18. The van der Waals surface area contributed by atoms with Crippen molar-refractivity contribution in [3.63, 3.8) is 0 Å². The molecule has 1 aromatic carbocycles. The van der Waals surface area contributed by atoms with Crippen molar-refractivity contribution in [2.75, 3.05) is 33.0 Å². The van der Waals surface area contributed by atoms with Crippen LogP contribution in [0.15, 0.2) is 29.3 Å². The average molecular weight is 340 g/mol. The van der Waals surface area contributed by atoms with Crippen molar-refractivity contribution in [2.24, 2.45) is 4.99 Å². The van der Waals surface area contributed by atoms with E-state index in [1.54, 1.807) is 14.2 Å². The first-order valence-electron chi connectivity index (χ1n) is 7.82. The molecule has 130 valence electrons. The summed E-state index contributed by atoms with van der Waals surface area (Å²) in [7, 11) is 2.55. The minimum Gasteiger partial charge on any atom is -0.497 e. The van der Waals surface area contributed by atoms with Gasteiger partial charge in [0.05, 0.1) is 7.11 Å². The van der Waals surface area contributed by atoms with Crippen LogP contribution in [-0.4, -0.2) is 47.9 Å². The van der Waals surface area contributed by atoms with Gasteiger partial charge in [-0.25, -0.2) is 0 Å². The number of rotatable bonds is 7. The molecule has 0 saturated heterocycles. The van der Waals surface area contributed by atoms with Crippen LogP contribution in [0, 0.1) is 0 Å². The Balaban J connectivity index is 2.30. The van der Waals surface area contributed by atoms with Crippen LogP contribution in [0.4, 0.5) is 0 Å². The summed E-state index contributed by atoms with van der Waals surface area (Å²) in [5.41, 5.74) is 1.24. The molecule has 1 unspecified atom stereocenters. The van der Waals surface area contributed by atoms with Crippen molar-refractivity contribution in [2.45, 2.75) is 31.9 Å². The standard InChI is InChI=1S/C17H29N3O2S/c1-17(2,3)23(21)13-12-20-16(18-4)19-11-10-14-6-8-15(22-5)9-7-14/h6-9H,10-13H2,1-5H3,(H2,18,19,20). The quantitative estimate of drug-likeness (QED) is 0.589. The number of hydrogen-bond acceptors (Lipinski definition) is 3. The van der Waals surface area contributed by atoms with Crippen LogP contribution < -0.4 is 15.4 Å². The van der Waals surface area contributed by atoms with E-state index in [1.165, 1.54) is 5.56 Å². The SMILES string of the molecule is CN=C(NCCc1ccc(OC)cc1)NCCS(=O)C(C)(C)C. The van der Waals surface area contributed by atoms with Crippen LogP contribution in [-0.2, 0) is 17.2 Å². The molecule has 0 fully saturated rings. The number of aliphatic imine (C=N–C) groups is 1. The zero-order chi connectivity index (χ0) is 17.3. The van der Waals surface area contributed by atoms with Gasteiger partial charge in [-0.1, -0.05) is 12.1 Å². The highest BCUT2D eigenvalue weighted by molar-refractivity contribution is 7.86. The van der Waals surface area contributed by atoms with E-state index >= 15 is 0 Å². The Morgan fingerprint density at radius 2 is 1.78 bits per heavy atom. The summed E-state index contributed by atoms with van der Waals surface area (Å²) >= 11 is 0. The summed E-state index contributed by atoms with van der Waals surface area (Å²) in [6.45, 7) is 7.40. The molecule has 0 aliphatic rings. The Hall–Kier alpha value is -1.56. The second-order valence-electron chi connectivity index (χ2n) is 6.19. The second-order valence-corrected chi connectivity index (χ2v) is 8.51. The fourth-order valence-corrected chi connectivity index (χ4v) is 2.81. The van der Waals surface area contributed by atoms with Gasteiger partial charge in [0, 0.05) is 41.4 Å². The van der Waals surface area contributed by atoms with Crippen molar-refractivity contribution in [1.29, 1.82) is 0 Å². The van der Waals surface area contributed by atoms with Crippen LogP contribution >= 0.6 is 0 Å². The fraction of sp³-hybridized carbons (Fsp3) is 0.588. The number of guanidine groups is 1. The molecular weight excluding hydrogens is 310 g/mol. The van der Waals surface area contributed by atoms with Gasteiger partial charge >= 0.3 is 0 Å². The first-order chi connectivity index (χ1) is 10.9. The molecule has 23 heavy (non-hydrogen) atoms. The highest BCUT2D eigenvalue weighted by Gasteiger charge is 2.18. The van der Waals surface area contributed by atoms with Gasteiger partial charge < -0.3 is 15.4 Å². The van der Waals surface area contributed by atoms with E-state index in [0.29, 0.717) is 12.3 Å². The van der Waals surface area contributed by atoms with Crippen LogP contribution in [0.3, 0.4) is 0 Å². The third-order valence-electron chi connectivity index (χ3n) is 3.35. The minimum atomic E-state index is -0.852. The molecule has 0 bridgehead atoms. The number of nitrogens with one attached hydrogen (secondary N) is 2. The summed E-state index contributed by atoms with van der Waals surface area (Å²) in [5, 5.41) is 6.47. The molecule has 1 rings (SSSR count). The maximum Gasteiger partial charge on any atom is 0.191 e. The first-order valence-corrected chi connectivity index (χ1v) is 9.14. The number of methoxy groups -OCH3 is 1. The van der Waals surface area contributed by atoms with E-state index in [0.717, 1.165) is 24.7 Å². The van der Waals surface area contributed by atoms with E-state index in [-0.39, 0.29) is 4.75 Å². The van der Waals surface area contributed by atoms with Crippen LogP contribution in [0.1, 0.15) is 26.3 Å². The second kappa shape index (κ2) is 9.55. The van der Waals surface area contributed by atoms with Crippen LogP contribution in [0.5, 0.6) is 5.75 Å². The van der Waals surface area contributed by atoms with E-state index in [1.807, 2.05) is 32.9 Å². The number of ether oxygens (including phenoxy) is 1. The van der Waals surface area contributed by atoms with Gasteiger partial charge in [-0.3, -0.25) is 9.20 Å². The highest BCUT2D eigenvalue weighted by atomic mass is 32.2. The molecule has 0 amide bonds. The van der Waals surface area contributed by atoms with Crippen molar-refractivity contribution in [3.05, 3.63) is 29.8 Å². The summed E-state index contributed by atoms with van der Waals surface area (Å²) in [6.07, 6.45) is 0.901. The van der Waals surface area contributed by atoms with Gasteiger partial charge in [0.1, 0.15) is 5.75 Å². The van der Waals surface area contributed by atoms with Crippen LogP contribution in [0.2, 0.25) is 0 Å². The number of nitrogens with zero attached hydrogens (tertiary/aromatic N) is 1. The normalized spacial score (nSPS) is 13.5. The molecule has 0 aliphatic heterocycles. The summed E-state index contributed by atoms with van der Waals surface area (Å²) in [5.74, 6) is 2.22. The predicted octanol–water partition coefficient (Wildman–Crippen LogP) is 1.95. The Morgan fingerprint density at radius 3 is 2.30 bits per heavy atom. The lowest BCUT2D eigenvalue weighted by Crippen LogP contribution is -2.41. The third kappa shape index (κ3) is 7.50. The summed E-state index contributed by atoms with van der Waals surface area (Å²) < 4.78 is 17.0. The largest absolute Gasteiger partial charge is 0.497 e. The molecule has 5 nitrogen and oxygen atoms in total. The zero-order valence-electron chi connectivity index (χ0n) is 14.8. The minimum absolute atomic E-state index is 0.174. The van der Waals surface area contributed by atoms with Crippen LogP contribution in [0.25, 0.3) is 0 Å². The Morgan fingerprint density at radius 1 is 1.17 bits per heavy atom. The number of hydrogen-bond donors (Lipinski definition) is 2. The Labute approximate surface area is 142 Å². The smallest absolute Gasteiger partial charge is 0.191 e. The van der Waals surface area contributed by atoms with E-state index in [4.69, 9.17) is 4.74 Å². The molecule has 0 spiro atoms. The molecule has 0 aliphatic carbocycles. The van der Waals surface area contributed by atoms with E-state index < -0.39 is 10.8 Å². The van der Waals surface area contributed by atoms with Gasteiger partial charge in [0.25, 0.3) is 0 Å². The van der Waals surface area contributed by atoms with Gasteiger partial charge in [-0.05, 0) is 44.9 Å². The lowest BCUT2D eigenvalue weighted by atomic mass is 10.1.